The number of ether oxygens (including phenoxy) is 2. The zero-order chi connectivity index (χ0) is 20.4. The Hall–Kier alpha value is -2.27. The fourth-order valence-corrected chi connectivity index (χ4v) is 4.50. The van der Waals surface area contributed by atoms with E-state index in [-0.39, 0.29) is 11.6 Å². The topological polar surface area (TPSA) is 42.5 Å². The zero-order valence-corrected chi connectivity index (χ0v) is 18.3. The lowest BCUT2D eigenvalue weighted by atomic mass is 9.89. The summed E-state index contributed by atoms with van der Waals surface area (Å²) < 4.78 is 12.2. The number of rotatable bonds is 4. The van der Waals surface area contributed by atoms with E-state index in [1.165, 1.54) is 18.4 Å². The second kappa shape index (κ2) is 8.23. The van der Waals surface area contributed by atoms with E-state index in [0.717, 1.165) is 42.0 Å². The van der Waals surface area contributed by atoms with Gasteiger partial charge in [0.15, 0.2) is 5.11 Å². The maximum absolute atomic E-state index is 6.15. The predicted octanol–water partition coefficient (Wildman–Crippen LogP) is 5.91. The number of hydrogen-bond donors (Lipinski definition) is 2. The van der Waals surface area contributed by atoms with Crippen LogP contribution in [-0.2, 0) is 0 Å². The highest BCUT2D eigenvalue weighted by Crippen LogP contribution is 2.39. The monoisotopic (exact) mass is 410 g/mol. The average molecular weight is 411 g/mol. The van der Waals surface area contributed by atoms with Crippen molar-refractivity contribution in [2.24, 2.45) is 0 Å². The molecular formula is C24H30N2O2S. The van der Waals surface area contributed by atoms with Crippen LogP contribution < -0.4 is 20.1 Å². The molecule has 0 aromatic heterocycles. The van der Waals surface area contributed by atoms with Crippen LogP contribution in [0.1, 0.15) is 63.1 Å². The summed E-state index contributed by atoms with van der Waals surface area (Å²) >= 11 is 5.61. The van der Waals surface area contributed by atoms with E-state index in [4.69, 9.17) is 21.7 Å². The Morgan fingerprint density at radius 2 is 1.83 bits per heavy atom. The standard InChI is InChI=1S/C24H30N2O2S/c1-16-8-13-22-20(14-16)21(15-24(2,3)28-22)26-23(29)25-17-9-11-19(12-10-17)27-18-6-4-5-7-18/h8-14,18,21H,4-7,15H2,1-3H3,(H2,25,26,29). The minimum atomic E-state index is -0.241. The number of fused-ring (bicyclic) bond motifs is 1. The first kappa shape index (κ1) is 20.0. The van der Waals surface area contributed by atoms with Crippen LogP contribution in [0.5, 0.6) is 11.5 Å². The summed E-state index contributed by atoms with van der Waals surface area (Å²) in [6.07, 6.45) is 6.09. The molecule has 2 aromatic carbocycles. The van der Waals surface area contributed by atoms with Crippen molar-refractivity contribution in [1.29, 1.82) is 0 Å². The molecule has 1 aliphatic carbocycles. The predicted molar refractivity (Wildman–Crippen MR) is 122 cm³/mol. The molecule has 2 aromatic rings. The fourth-order valence-electron chi connectivity index (χ4n) is 4.24. The van der Waals surface area contributed by atoms with E-state index in [2.05, 4.69) is 49.6 Å². The summed E-state index contributed by atoms with van der Waals surface area (Å²) in [6, 6.07) is 14.5. The van der Waals surface area contributed by atoms with Crippen LogP contribution in [0.4, 0.5) is 5.69 Å². The average Bonchev–Trinajstić information content (AvgIpc) is 3.16. The van der Waals surface area contributed by atoms with Crippen LogP contribution in [0.3, 0.4) is 0 Å². The quantitative estimate of drug-likeness (QED) is 0.614. The van der Waals surface area contributed by atoms with Gasteiger partial charge in [0.05, 0.1) is 12.1 Å². The number of aryl methyl sites for hydroxylation is 1. The van der Waals surface area contributed by atoms with Crippen LogP contribution in [0.15, 0.2) is 42.5 Å². The summed E-state index contributed by atoms with van der Waals surface area (Å²) in [5.74, 6) is 1.86. The molecule has 4 nitrogen and oxygen atoms in total. The van der Waals surface area contributed by atoms with Crippen molar-refractivity contribution >= 4 is 23.0 Å². The van der Waals surface area contributed by atoms with Crippen molar-refractivity contribution < 1.29 is 9.47 Å². The van der Waals surface area contributed by atoms with E-state index in [9.17, 15) is 0 Å². The van der Waals surface area contributed by atoms with E-state index >= 15 is 0 Å². The molecule has 1 saturated carbocycles. The first-order valence-corrected chi connectivity index (χ1v) is 10.9. The van der Waals surface area contributed by atoms with Gasteiger partial charge in [-0.2, -0.15) is 0 Å². The summed E-state index contributed by atoms with van der Waals surface area (Å²) in [5, 5.41) is 7.41. The van der Waals surface area contributed by atoms with Crippen molar-refractivity contribution in [3.05, 3.63) is 53.6 Å². The molecule has 1 atom stereocenters. The minimum absolute atomic E-state index is 0.110. The van der Waals surface area contributed by atoms with E-state index < -0.39 is 0 Å². The first-order chi connectivity index (χ1) is 13.9. The molecular weight excluding hydrogens is 380 g/mol. The SMILES string of the molecule is Cc1ccc2c(c1)C(NC(=S)Nc1ccc(OC3CCCC3)cc1)CC(C)(C)O2. The molecule has 5 heteroatoms. The van der Waals surface area contributed by atoms with Gasteiger partial charge in [-0.15, -0.1) is 0 Å². The second-order valence-corrected chi connectivity index (χ2v) is 9.22. The lowest BCUT2D eigenvalue weighted by Gasteiger charge is -2.38. The Kier molecular flexibility index (Phi) is 5.68. The molecule has 0 amide bonds. The van der Waals surface area contributed by atoms with Crippen LogP contribution in [0.25, 0.3) is 0 Å². The smallest absolute Gasteiger partial charge is 0.171 e. The van der Waals surface area contributed by atoms with Crippen LogP contribution in [-0.4, -0.2) is 16.8 Å². The third-order valence-electron chi connectivity index (χ3n) is 5.65. The Morgan fingerprint density at radius 3 is 2.55 bits per heavy atom. The Morgan fingerprint density at radius 1 is 1.10 bits per heavy atom. The minimum Gasteiger partial charge on any atom is -0.490 e. The highest BCUT2D eigenvalue weighted by Gasteiger charge is 2.34. The van der Waals surface area contributed by atoms with Crippen molar-refractivity contribution in [2.75, 3.05) is 5.32 Å². The van der Waals surface area contributed by atoms with Crippen molar-refractivity contribution in [2.45, 2.75) is 70.6 Å². The number of anilines is 1. The molecule has 2 N–H and O–H groups in total. The van der Waals surface area contributed by atoms with Crippen molar-refractivity contribution in [1.82, 2.24) is 5.32 Å². The van der Waals surface area contributed by atoms with Crippen molar-refractivity contribution in [3.8, 4) is 11.5 Å². The lowest BCUT2D eigenvalue weighted by Crippen LogP contribution is -2.42. The third-order valence-corrected chi connectivity index (χ3v) is 5.87. The number of hydrogen-bond acceptors (Lipinski definition) is 3. The highest BCUT2D eigenvalue weighted by atomic mass is 32.1. The molecule has 1 unspecified atom stereocenters. The molecule has 1 fully saturated rings. The van der Waals surface area contributed by atoms with Gasteiger partial charge < -0.3 is 20.1 Å². The molecule has 154 valence electrons. The van der Waals surface area contributed by atoms with E-state index in [0.29, 0.717) is 11.2 Å². The van der Waals surface area contributed by atoms with E-state index in [1.54, 1.807) is 0 Å². The van der Waals surface area contributed by atoms with Gasteiger partial charge in [0.25, 0.3) is 0 Å². The molecule has 0 spiro atoms. The van der Waals surface area contributed by atoms with Crippen LogP contribution >= 0.6 is 12.2 Å². The van der Waals surface area contributed by atoms with Gasteiger partial charge in [-0.3, -0.25) is 0 Å². The Labute approximate surface area is 179 Å². The molecule has 2 aliphatic rings. The summed E-state index contributed by atoms with van der Waals surface area (Å²) in [7, 11) is 0. The van der Waals surface area contributed by atoms with Gasteiger partial charge in [0.2, 0.25) is 0 Å². The van der Waals surface area contributed by atoms with Gasteiger partial charge in [0.1, 0.15) is 17.1 Å². The van der Waals surface area contributed by atoms with E-state index in [1.807, 2.05) is 24.3 Å². The summed E-state index contributed by atoms with van der Waals surface area (Å²) in [5.41, 5.74) is 3.09. The normalized spacial score (nSPS) is 20.4. The Balaban J connectivity index is 1.40. The summed E-state index contributed by atoms with van der Waals surface area (Å²) in [6.45, 7) is 6.33. The first-order valence-electron chi connectivity index (χ1n) is 10.5. The summed E-state index contributed by atoms with van der Waals surface area (Å²) in [4.78, 5) is 0. The molecule has 0 bridgehead atoms. The van der Waals surface area contributed by atoms with Crippen LogP contribution in [0, 0.1) is 6.92 Å². The van der Waals surface area contributed by atoms with Crippen LogP contribution in [0.2, 0.25) is 0 Å². The second-order valence-electron chi connectivity index (χ2n) is 8.81. The van der Waals surface area contributed by atoms with Crippen molar-refractivity contribution in [3.63, 3.8) is 0 Å². The van der Waals surface area contributed by atoms with Gasteiger partial charge in [-0.25, -0.2) is 0 Å². The van der Waals surface area contributed by atoms with Gasteiger partial charge in [0, 0.05) is 17.7 Å². The molecule has 0 radical (unpaired) electrons. The van der Waals surface area contributed by atoms with Gasteiger partial charge in [-0.1, -0.05) is 17.7 Å². The lowest BCUT2D eigenvalue weighted by molar-refractivity contribution is 0.0696. The largest absolute Gasteiger partial charge is 0.490 e. The number of nitrogens with one attached hydrogen (secondary N) is 2. The molecule has 29 heavy (non-hydrogen) atoms. The van der Waals surface area contributed by atoms with Gasteiger partial charge in [-0.05, 0) is 89.0 Å². The fraction of sp³-hybridized carbons (Fsp3) is 0.458. The third kappa shape index (κ3) is 5.02. The maximum Gasteiger partial charge on any atom is 0.171 e. The maximum atomic E-state index is 6.15. The molecule has 4 rings (SSSR count). The highest BCUT2D eigenvalue weighted by molar-refractivity contribution is 7.80. The number of thiocarbonyl (C=S) groups is 1. The molecule has 1 aliphatic heterocycles. The van der Waals surface area contributed by atoms with Gasteiger partial charge >= 0.3 is 0 Å². The zero-order valence-electron chi connectivity index (χ0n) is 17.5. The number of benzene rings is 2. The molecule has 1 heterocycles. The Bertz CT molecular complexity index is 873. The molecule has 0 saturated heterocycles.